The molecule has 96 valence electrons. The molecule has 0 spiro atoms. The van der Waals surface area contributed by atoms with Crippen molar-refractivity contribution < 1.29 is 0 Å². The van der Waals surface area contributed by atoms with E-state index >= 15 is 0 Å². The highest BCUT2D eigenvalue weighted by Gasteiger charge is 2.14. The number of nitrogens with zero attached hydrogens (tertiary/aromatic N) is 2. The average Bonchev–Trinajstić information content (AvgIpc) is 2.77. The molecule has 2 aromatic heterocycles. The first-order valence-corrected chi connectivity index (χ1v) is 6.70. The second kappa shape index (κ2) is 4.63. The van der Waals surface area contributed by atoms with Crippen molar-refractivity contribution >= 4 is 23.3 Å². The first kappa shape index (κ1) is 12.1. The zero-order valence-electron chi connectivity index (χ0n) is 10.9. The third-order valence-corrected chi connectivity index (χ3v) is 3.76. The monoisotopic (exact) mass is 269 g/mol. The van der Waals surface area contributed by atoms with Gasteiger partial charge in [0, 0.05) is 6.20 Å². The fourth-order valence-corrected chi connectivity index (χ4v) is 2.79. The lowest BCUT2D eigenvalue weighted by atomic mass is 10.2. The normalized spacial score (nSPS) is 12.7. The first-order chi connectivity index (χ1) is 9.18. The average molecular weight is 269 g/mol. The Labute approximate surface area is 116 Å². The first-order valence-electron chi connectivity index (χ1n) is 6.29. The van der Waals surface area contributed by atoms with Gasteiger partial charge in [0.05, 0.1) is 22.8 Å². The molecule has 3 aromatic rings. The van der Waals surface area contributed by atoms with Crippen molar-refractivity contribution in [2.24, 2.45) is 0 Å². The number of imidazole rings is 1. The Balaban J connectivity index is 2.23. The summed E-state index contributed by atoms with van der Waals surface area (Å²) < 4.78 is 2.86. The Morgan fingerprint density at radius 1 is 1.21 bits per heavy atom. The molecule has 1 atom stereocenters. The van der Waals surface area contributed by atoms with Crippen molar-refractivity contribution in [3.8, 4) is 0 Å². The summed E-state index contributed by atoms with van der Waals surface area (Å²) in [6.07, 6.45) is 1.82. The number of rotatable bonds is 2. The van der Waals surface area contributed by atoms with Crippen molar-refractivity contribution in [1.82, 2.24) is 14.5 Å². The molecular formula is C15H15N3S. The van der Waals surface area contributed by atoms with Crippen LogP contribution in [-0.4, -0.2) is 14.5 Å². The van der Waals surface area contributed by atoms with Gasteiger partial charge in [0.2, 0.25) is 0 Å². The predicted molar refractivity (Wildman–Crippen MR) is 79.9 cm³/mol. The topological polar surface area (TPSA) is 33.6 Å². The Morgan fingerprint density at radius 2 is 2.05 bits per heavy atom. The maximum absolute atomic E-state index is 5.47. The Bertz CT molecular complexity index is 771. The number of pyridine rings is 1. The van der Waals surface area contributed by atoms with Crippen LogP contribution in [0.3, 0.4) is 0 Å². The number of nitrogens with one attached hydrogen (secondary N) is 1. The van der Waals surface area contributed by atoms with E-state index in [9.17, 15) is 0 Å². The van der Waals surface area contributed by atoms with Crippen LogP contribution in [0.2, 0.25) is 0 Å². The molecule has 1 unspecified atom stereocenters. The second-order valence-electron chi connectivity index (χ2n) is 4.70. The zero-order valence-corrected chi connectivity index (χ0v) is 11.7. The van der Waals surface area contributed by atoms with Crippen LogP contribution in [0.15, 0.2) is 42.6 Å². The van der Waals surface area contributed by atoms with E-state index in [-0.39, 0.29) is 6.04 Å². The van der Waals surface area contributed by atoms with Crippen LogP contribution in [0.5, 0.6) is 0 Å². The molecule has 0 fully saturated rings. The van der Waals surface area contributed by atoms with Gasteiger partial charge in [0.1, 0.15) is 0 Å². The van der Waals surface area contributed by atoms with Gasteiger partial charge in [0.25, 0.3) is 0 Å². The molecule has 0 bridgehead atoms. The zero-order chi connectivity index (χ0) is 13.4. The highest BCUT2D eigenvalue weighted by atomic mass is 32.1. The van der Waals surface area contributed by atoms with E-state index < -0.39 is 0 Å². The van der Waals surface area contributed by atoms with E-state index in [1.54, 1.807) is 0 Å². The Kier molecular flexibility index (Phi) is 2.95. The van der Waals surface area contributed by atoms with E-state index in [1.807, 2.05) is 24.4 Å². The Morgan fingerprint density at radius 3 is 2.79 bits per heavy atom. The second-order valence-corrected chi connectivity index (χ2v) is 5.09. The summed E-state index contributed by atoms with van der Waals surface area (Å²) in [7, 11) is 0. The fraction of sp³-hybridized carbons (Fsp3) is 0.200. The quantitative estimate of drug-likeness (QED) is 0.713. The van der Waals surface area contributed by atoms with Gasteiger partial charge >= 0.3 is 0 Å². The van der Waals surface area contributed by atoms with Gasteiger partial charge in [0.15, 0.2) is 4.77 Å². The van der Waals surface area contributed by atoms with Crippen LogP contribution in [0.4, 0.5) is 0 Å². The molecular weight excluding hydrogens is 254 g/mol. The molecule has 3 nitrogen and oxygen atoms in total. The van der Waals surface area contributed by atoms with Crippen LogP contribution in [-0.2, 0) is 0 Å². The fourth-order valence-electron chi connectivity index (χ4n) is 2.43. The van der Waals surface area contributed by atoms with Gasteiger partial charge in [-0.2, -0.15) is 0 Å². The molecule has 0 saturated heterocycles. The minimum absolute atomic E-state index is 0.115. The van der Waals surface area contributed by atoms with E-state index in [4.69, 9.17) is 12.2 Å². The standard InChI is InChI=1S/C15H15N3S/c1-10-6-5-8-13-14(10)17-15(19)18(13)11(2)12-7-3-4-9-16-12/h3-9,11H,1-2H3,(H,17,19). The molecule has 0 aliphatic rings. The van der Waals surface area contributed by atoms with Gasteiger partial charge in [-0.05, 0) is 49.8 Å². The number of H-pyrrole nitrogens is 1. The molecule has 0 aliphatic heterocycles. The molecule has 19 heavy (non-hydrogen) atoms. The minimum atomic E-state index is 0.115. The van der Waals surface area contributed by atoms with Crippen LogP contribution >= 0.6 is 12.2 Å². The van der Waals surface area contributed by atoms with E-state index in [0.29, 0.717) is 0 Å². The van der Waals surface area contributed by atoms with E-state index in [1.165, 1.54) is 5.56 Å². The van der Waals surface area contributed by atoms with Gasteiger partial charge < -0.3 is 9.55 Å². The van der Waals surface area contributed by atoms with Crippen LogP contribution in [0.1, 0.15) is 24.2 Å². The lowest BCUT2D eigenvalue weighted by Crippen LogP contribution is -2.08. The lowest BCUT2D eigenvalue weighted by molar-refractivity contribution is 0.630. The third-order valence-electron chi connectivity index (χ3n) is 3.46. The molecule has 2 heterocycles. The minimum Gasteiger partial charge on any atom is -0.330 e. The Hall–Kier alpha value is -1.94. The smallest absolute Gasteiger partial charge is 0.178 e. The van der Waals surface area contributed by atoms with Gasteiger partial charge in [-0.3, -0.25) is 4.98 Å². The number of benzene rings is 1. The number of fused-ring (bicyclic) bond motifs is 1. The molecule has 0 radical (unpaired) electrons. The summed E-state index contributed by atoms with van der Waals surface area (Å²) in [5.74, 6) is 0. The number of hydrogen-bond acceptors (Lipinski definition) is 2. The largest absolute Gasteiger partial charge is 0.330 e. The summed E-state index contributed by atoms with van der Waals surface area (Å²) >= 11 is 5.47. The van der Waals surface area contributed by atoms with Gasteiger partial charge in [-0.15, -0.1) is 0 Å². The molecule has 0 aliphatic carbocycles. The maximum atomic E-state index is 5.47. The molecule has 0 amide bonds. The number of para-hydroxylation sites is 1. The van der Waals surface area contributed by atoms with Crippen molar-refractivity contribution in [2.75, 3.05) is 0 Å². The number of hydrogen-bond donors (Lipinski definition) is 1. The lowest BCUT2D eigenvalue weighted by Gasteiger charge is -2.14. The van der Waals surface area contributed by atoms with Crippen LogP contribution in [0, 0.1) is 11.7 Å². The highest BCUT2D eigenvalue weighted by molar-refractivity contribution is 7.71. The maximum Gasteiger partial charge on any atom is 0.178 e. The predicted octanol–water partition coefficient (Wildman–Crippen LogP) is 4.01. The summed E-state index contributed by atoms with van der Waals surface area (Å²) in [5.41, 5.74) is 4.45. The molecule has 3 rings (SSSR count). The summed E-state index contributed by atoms with van der Waals surface area (Å²) in [4.78, 5) is 7.72. The van der Waals surface area contributed by atoms with Gasteiger partial charge in [-0.25, -0.2) is 0 Å². The van der Waals surface area contributed by atoms with Crippen molar-refractivity contribution in [3.05, 3.63) is 58.6 Å². The number of aromatic amines is 1. The molecule has 1 aromatic carbocycles. The van der Waals surface area contributed by atoms with Crippen molar-refractivity contribution in [2.45, 2.75) is 19.9 Å². The van der Waals surface area contributed by atoms with E-state index in [2.05, 4.69) is 46.6 Å². The van der Waals surface area contributed by atoms with Gasteiger partial charge in [-0.1, -0.05) is 18.2 Å². The van der Waals surface area contributed by atoms with E-state index in [0.717, 1.165) is 21.5 Å². The number of aryl methyl sites for hydroxylation is 1. The van der Waals surface area contributed by atoms with Crippen molar-refractivity contribution in [1.29, 1.82) is 0 Å². The summed E-state index contributed by atoms with van der Waals surface area (Å²) in [6.45, 7) is 4.21. The number of aromatic nitrogens is 3. The van der Waals surface area contributed by atoms with Crippen LogP contribution in [0.25, 0.3) is 11.0 Å². The highest BCUT2D eigenvalue weighted by Crippen LogP contribution is 2.24. The van der Waals surface area contributed by atoms with Crippen molar-refractivity contribution in [3.63, 3.8) is 0 Å². The SMILES string of the molecule is Cc1cccc2c1[nH]c(=S)n2C(C)c1ccccn1. The van der Waals surface area contributed by atoms with Crippen LogP contribution < -0.4 is 0 Å². The molecule has 1 N–H and O–H groups in total. The summed E-state index contributed by atoms with van der Waals surface area (Å²) in [6, 6.07) is 12.3. The molecule has 4 heteroatoms. The molecule has 0 saturated carbocycles. The summed E-state index contributed by atoms with van der Waals surface area (Å²) in [5, 5.41) is 0. The third kappa shape index (κ3) is 1.98.